The van der Waals surface area contributed by atoms with Gasteiger partial charge in [-0.1, -0.05) is 0 Å². The lowest BCUT2D eigenvalue weighted by atomic mass is 10.0. The molecule has 1 unspecified atom stereocenters. The van der Waals surface area contributed by atoms with E-state index in [4.69, 9.17) is 0 Å². The molecular formula is C11H18N4. The van der Waals surface area contributed by atoms with E-state index in [0.717, 1.165) is 36.9 Å². The number of aromatic nitrogens is 2. The first-order valence-electron chi connectivity index (χ1n) is 5.46. The Balaban J connectivity index is 1.97. The van der Waals surface area contributed by atoms with E-state index in [2.05, 4.69) is 21.6 Å². The normalized spacial score (nSPS) is 20.5. The molecule has 2 heterocycles. The zero-order valence-electron chi connectivity index (χ0n) is 9.40. The molecular weight excluding hydrogens is 188 g/mol. The lowest BCUT2D eigenvalue weighted by Crippen LogP contribution is -2.14. The fourth-order valence-electron chi connectivity index (χ4n) is 1.88. The third-order valence-corrected chi connectivity index (χ3v) is 2.82. The van der Waals surface area contributed by atoms with E-state index in [1.807, 2.05) is 25.1 Å². The summed E-state index contributed by atoms with van der Waals surface area (Å²) < 4.78 is 0. The molecule has 1 N–H and O–H groups in total. The largest absolute Gasteiger partial charge is 0.361 e. The molecule has 1 saturated heterocycles. The zero-order chi connectivity index (χ0) is 10.7. The molecule has 0 radical (unpaired) electrons. The summed E-state index contributed by atoms with van der Waals surface area (Å²) in [4.78, 5) is 1.97. The molecule has 1 aliphatic heterocycles. The van der Waals surface area contributed by atoms with Crippen molar-refractivity contribution in [3.63, 3.8) is 0 Å². The van der Waals surface area contributed by atoms with E-state index in [1.165, 1.54) is 6.42 Å². The first-order valence-corrected chi connectivity index (χ1v) is 5.46. The first-order chi connectivity index (χ1) is 7.25. The number of hydrogen-bond acceptors (Lipinski definition) is 4. The molecule has 0 aromatic carbocycles. The predicted octanol–water partition coefficient (Wildman–Crippen LogP) is 0.695. The fraction of sp³-hybridized carbons (Fsp3) is 0.636. The second-order valence-corrected chi connectivity index (χ2v) is 4.34. The van der Waals surface area contributed by atoms with Crippen LogP contribution in [0.25, 0.3) is 0 Å². The van der Waals surface area contributed by atoms with Crippen LogP contribution in [-0.2, 0) is 6.42 Å². The monoisotopic (exact) mass is 206 g/mol. The van der Waals surface area contributed by atoms with E-state index >= 15 is 0 Å². The van der Waals surface area contributed by atoms with Gasteiger partial charge in [-0.25, -0.2) is 0 Å². The van der Waals surface area contributed by atoms with Crippen molar-refractivity contribution >= 4 is 5.82 Å². The second-order valence-electron chi connectivity index (χ2n) is 4.34. The highest BCUT2D eigenvalue weighted by atomic mass is 15.2. The minimum absolute atomic E-state index is 0.740. The van der Waals surface area contributed by atoms with Crippen LogP contribution in [0.3, 0.4) is 0 Å². The molecule has 0 amide bonds. The van der Waals surface area contributed by atoms with Crippen molar-refractivity contribution < 1.29 is 0 Å². The molecule has 1 aromatic heterocycles. The molecule has 0 saturated carbocycles. The third kappa shape index (κ3) is 2.65. The molecule has 1 atom stereocenters. The van der Waals surface area contributed by atoms with Crippen LogP contribution in [0, 0.1) is 5.92 Å². The summed E-state index contributed by atoms with van der Waals surface area (Å²) in [6.07, 6.45) is 2.31. The van der Waals surface area contributed by atoms with Crippen molar-refractivity contribution in [3.8, 4) is 0 Å². The smallest absolute Gasteiger partial charge is 0.150 e. The summed E-state index contributed by atoms with van der Waals surface area (Å²) in [6, 6.07) is 4.12. The standard InChI is InChI=1S/C11H18N4/c1-15(2)11-4-3-10(13-14-11)7-9-5-6-12-8-9/h3-4,9,12H,5-8H2,1-2H3. The number of nitrogens with zero attached hydrogens (tertiary/aromatic N) is 3. The van der Waals surface area contributed by atoms with Crippen LogP contribution < -0.4 is 10.2 Å². The van der Waals surface area contributed by atoms with E-state index in [-0.39, 0.29) is 0 Å². The van der Waals surface area contributed by atoms with Crippen molar-refractivity contribution in [1.29, 1.82) is 0 Å². The lowest BCUT2D eigenvalue weighted by molar-refractivity contribution is 0.567. The van der Waals surface area contributed by atoms with Crippen LogP contribution in [0.2, 0.25) is 0 Å². The molecule has 2 rings (SSSR count). The minimum atomic E-state index is 0.740. The molecule has 82 valence electrons. The van der Waals surface area contributed by atoms with Gasteiger partial charge < -0.3 is 10.2 Å². The van der Waals surface area contributed by atoms with Gasteiger partial charge in [0.1, 0.15) is 0 Å². The summed E-state index contributed by atoms with van der Waals surface area (Å²) in [7, 11) is 3.95. The van der Waals surface area contributed by atoms with Crippen LogP contribution in [0.4, 0.5) is 5.82 Å². The minimum Gasteiger partial charge on any atom is -0.361 e. The average molecular weight is 206 g/mol. The summed E-state index contributed by atoms with van der Waals surface area (Å²) in [6.45, 7) is 2.27. The third-order valence-electron chi connectivity index (χ3n) is 2.82. The average Bonchev–Trinajstić information content (AvgIpc) is 2.71. The Kier molecular flexibility index (Phi) is 3.16. The van der Waals surface area contributed by atoms with E-state index in [1.54, 1.807) is 0 Å². The van der Waals surface area contributed by atoms with Gasteiger partial charge in [-0.3, -0.25) is 0 Å². The van der Waals surface area contributed by atoms with E-state index < -0.39 is 0 Å². The SMILES string of the molecule is CN(C)c1ccc(CC2CCNC2)nn1. The molecule has 15 heavy (non-hydrogen) atoms. The summed E-state index contributed by atoms with van der Waals surface area (Å²) >= 11 is 0. The van der Waals surface area contributed by atoms with Crippen LogP contribution in [0.5, 0.6) is 0 Å². The maximum atomic E-state index is 4.24. The quantitative estimate of drug-likeness (QED) is 0.790. The van der Waals surface area contributed by atoms with Gasteiger partial charge >= 0.3 is 0 Å². The Hall–Kier alpha value is -1.16. The number of nitrogens with one attached hydrogen (secondary N) is 1. The maximum Gasteiger partial charge on any atom is 0.150 e. The highest BCUT2D eigenvalue weighted by Gasteiger charge is 2.15. The molecule has 0 bridgehead atoms. The molecule has 0 spiro atoms. The Bertz CT molecular complexity index is 301. The zero-order valence-corrected chi connectivity index (χ0v) is 9.40. The van der Waals surface area contributed by atoms with Crippen molar-refractivity contribution in [1.82, 2.24) is 15.5 Å². The molecule has 4 heteroatoms. The van der Waals surface area contributed by atoms with Gasteiger partial charge in [0.05, 0.1) is 5.69 Å². The number of anilines is 1. The van der Waals surface area contributed by atoms with Gasteiger partial charge in [-0.05, 0) is 44.0 Å². The van der Waals surface area contributed by atoms with Crippen LogP contribution in [0.15, 0.2) is 12.1 Å². The van der Waals surface area contributed by atoms with Crippen LogP contribution >= 0.6 is 0 Å². The van der Waals surface area contributed by atoms with Gasteiger partial charge in [0.15, 0.2) is 5.82 Å². The van der Waals surface area contributed by atoms with Crippen molar-refractivity contribution in [2.45, 2.75) is 12.8 Å². The van der Waals surface area contributed by atoms with Crippen LogP contribution in [0.1, 0.15) is 12.1 Å². The lowest BCUT2D eigenvalue weighted by Gasteiger charge is -2.11. The molecule has 1 fully saturated rings. The molecule has 1 aromatic rings. The fourth-order valence-corrected chi connectivity index (χ4v) is 1.88. The maximum absolute atomic E-state index is 4.24. The van der Waals surface area contributed by atoms with E-state index in [0.29, 0.717) is 0 Å². The van der Waals surface area contributed by atoms with Crippen molar-refractivity contribution in [3.05, 3.63) is 17.8 Å². The van der Waals surface area contributed by atoms with Gasteiger partial charge in [0.2, 0.25) is 0 Å². The Morgan fingerprint density at radius 1 is 1.40 bits per heavy atom. The van der Waals surface area contributed by atoms with Crippen molar-refractivity contribution in [2.75, 3.05) is 32.1 Å². The van der Waals surface area contributed by atoms with E-state index in [9.17, 15) is 0 Å². The van der Waals surface area contributed by atoms with Gasteiger partial charge in [-0.2, -0.15) is 5.10 Å². The highest BCUT2D eigenvalue weighted by Crippen LogP contribution is 2.14. The Morgan fingerprint density at radius 3 is 2.80 bits per heavy atom. The Labute approximate surface area is 90.7 Å². The van der Waals surface area contributed by atoms with Gasteiger partial charge in [0, 0.05) is 14.1 Å². The summed E-state index contributed by atoms with van der Waals surface area (Å²) in [5.74, 6) is 1.66. The van der Waals surface area contributed by atoms with Gasteiger partial charge in [-0.15, -0.1) is 5.10 Å². The van der Waals surface area contributed by atoms with Crippen LogP contribution in [-0.4, -0.2) is 37.4 Å². The van der Waals surface area contributed by atoms with Crippen molar-refractivity contribution in [2.24, 2.45) is 5.92 Å². The predicted molar refractivity (Wildman–Crippen MR) is 61.0 cm³/mol. The molecule has 0 aliphatic carbocycles. The highest BCUT2D eigenvalue weighted by molar-refractivity contribution is 5.34. The molecule has 1 aliphatic rings. The van der Waals surface area contributed by atoms with Gasteiger partial charge in [0.25, 0.3) is 0 Å². The number of rotatable bonds is 3. The Morgan fingerprint density at radius 2 is 2.27 bits per heavy atom. The number of hydrogen-bond donors (Lipinski definition) is 1. The first kappa shape index (κ1) is 10.4. The summed E-state index contributed by atoms with van der Waals surface area (Å²) in [5.41, 5.74) is 1.11. The topological polar surface area (TPSA) is 41.0 Å². The second kappa shape index (κ2) is 4.57. The summed E-state index contributed by atoms with van der Waals surface area (Å²) in [5, 5.41) is 11.8. The molecule has 4 nitrogen and oxygen atoms in total.